The van der Waals surface area contributed by atoms with E-state index in [0.717, 1.165) is 30.5 Å². The number of hydrogen-bond donors (Lipinski definition) is 1. The SMILES string of the molecule is CC(C)(O)c1cnn(C2CCCN(C(=O)c3ccccc3-c3ccccc3)C2)n1. The summed E-state index contributed by atoms with van der Waals surface area (Å²) in [6, 6.07) is 17.8. The predicted octanol–water partition coefficient (Wildman–Crippen LogP) is 3.65. The van der Waals surface area contributed by atoms with Crippen LogP contribution in [0.5, 0.6) is 0 Å². The maximum atomic E-state index is 13.4. The van der Waals surface area contributed by atoms with Crippen molar-refractivity contribution in [1.82, 2.24) is 19.9 Å². The maximum absolute atomic E-state index is 13.4. The van der Waals surface area contributed by atoms with Gasteiger partial charge >= 0.3 is 0 Å². The number of piperidine rings is 1. The van der Waals surface area contributed by atoms with Gasteiger partial charge in [0.25, 0.3) is 5.91 Å². The van der Waals surface area contributed by atoms with Crippen LogP contribution in [-0.2, 0) is 5.60 Å². The average Bonchev–Trinajstić information content (AvgIpc) is 3.25. The van der Waals surface area contributed by atoms with Gasteiger partial charge in [-0.25, -0.2) is 0 Å². The van der Waals surface area contributed by atoms with Gasteiger partial charge in [-0.05, 0) is 43.9 Å². The third kappa shape index (κ3) is 4.07. The number of hydrogen-bond acceptors (Lipinski definition) is 4. The minimum Gasteiger partial charge on any atom is -0.384 e. The molecule has 4 rings (SSSR count). The van der Waals surface area contributed by atoms with E-state index in [1.807, 2.05) is 59.5 Å². The molecule has 1 amide bonds. The highest BCUT2D eigenvalue weighted by Crippen LogP contribution is 2.28. The molecule has 1 aliphatic heterocycles. The Kier molecular flexibility index (Phi) is 5.20. The number of nitrogens with zero attached hydrogens (tertiary/aromatic N) is 4. The van der Waals surface area contributed by atoms with E-state index in [2.05, 4.69) is 10.2 Å². The van der Waals surface area contributed by atoms with E-state index in [9.17, 15) is 9.90 Å². The first-order chi connectivity index (χ1) is 13.9. The zero-order valence-electron chi connectivity index (χ0n) is 16.8. The highest BCUT2D eigenvalue weighted by Gasteiger charge is 2.29. The van der Waals surface area contributed by atoms with Gasteiger partial charge in [-0.1, -0.05) is 48.5 Å². The minimum absolute atomic E-state index is 0.00712. The van der Waals surface area contributed by atoms with Crippen molar-refractivity contribution >= 4 is 5.91 Å². The smallest absolute Gasteiger partial charge is 0.254 e. The van der Waals surface area contributed by atoms with Crippen LogP contribution in [0.15, 0.2) is 60.8 Å². The second-order valence-electron chi connectivity index (χ2n) is 8.07. The van der Waals surface area contributed by atoms with Gasteiger partial charge in [-0.15, -0.1) is 0 Å². The first-order valence-electron chi connectivity index (χ1n) is 10.0. The average molecular weight is 390 g/mol. The molecule has 0 spiro atoms. The Labute approximate surface area is 170 Å². The van der Waals surface area contributed by atoms with Crippen LogP contribution in [0.1, 0.15) is 48.8 Å². The molecule has 0 aliphatic carbocycles. The van der Waals surface area contributed by atoms with Crippen LogP contribution in [0, 0.1) is 0 Å². The van der Waals surface area contributed by atoms with Crippen molar-refractivity contribution in [3.63, 3.8) is 0 Å². The highest BCUT2D eigenvalue weighted by molar-refractivity contribution is 6.00. The van der Waals surface area contributed by atoms with Crippen LogP contribution < -0.4 is 0 Å². The lowest BCUT2D eigenvalue weighted by Crippen LogP contribution is -2.41. The van der Waals surface area contributed by atoms with Crippen molar-refractivity contribution in [2.24, 2.45) is 0 Å². The van der Waals surface area contributed by atoms with E-state index in [-0.39, 0.29) is 11.9 Å². The van der Waals surface area contributed by atoms with Crippen LogP contribution in [0.3, 0.4) is 0 Å². The summed E-state index contributed by atoms with van der Waals surface area (Å²) in [4.78, 5) is 16.9. The summed E-state index contributed by atoms with van der Waals surface area (Å²) in [6.07, 6.45) is 3.40. The molecule has 1 atom stereocenters. The number of likely N-dealkylation sites (tertiary alicyclic amines) is 1. The molecule has 6 nitrogen and oxygen atoms in total. The van der Waals surface area contributed by atoms with Crippen molar-refractivity contribution in [3.05, 3.63) is 72.1 Å². The van der Waals surface area contributed by atoms with Gasteiger partial charge in [0.2, 0.25) is 0 Å². The van der Waals surface area contributed by atoms with Crippen LogP contribution in [0.2, 0.25) is 0 Å². The fourth-order valence-corrected chi connectivity index (χ4v) is 3.77. The molecule has 2 heterocycles. The number of carbonyl (C=O) groups is 1. The molecule has 1 fully saturated rings. The Morgan fingerprint density at radius 2 is 1.83 bits per heavy atom. The van der Waals surface area contributed by atoms with E-state index < -0.39 is 5.60 Å². The molecule has 2 aromatic carbocycles. The molecule has 3 aromatic rings. The summed E-state index contributed by atoms with van der Waals surface area (Å²) in [7, 11) is 0. The van der Waals surface area contributed by atoms with Gasteiger partial charge in [0.15, 0.2) is 0 Å². The summed E-state index contributed by atoms with van der Waals surface area (Å²) in [6.45, 7) is 4.66. The molecule has 1 aliphatic rings. The second-order valence-corrected chi connectivity index (χ2v) is 8.07. The lowest BCUT2D eigenvalue weighted by Gasteiger charge is -2.32. The van der Waals surface area contributed by atoms with Crippen LogP contribution >= 0.6 is 0 Å². The molecule has 1 aromatic heterocycles. The van der Waals surface area contributed by atoms with Crippen molar-refractivity contribution < 1.29 is 9.90 Å². The monoisotopic (exact) mass is 390 g/mol. The van der Waals surface area contributed by atoms with Crippen LogP contribution in [0.4, 0.5) is 0 Å². The normalized spacial score (nSPS) is 17.3. The summed E-state index contributed by atoms with van der Waals surface area (Å²) >= 11 is 0. The topological polar surface area (TPSA) is 71.2 Å². The number of amides is 1. The Bertz CT molecular complexity index is 991. The molecule has 6 heteroatoms. The van der Waals surface area contributed by atoms with E-state index in [1.165, 1.54) is 0 Å². The summed E-state index contributed by atoms with van der Waals surface area (Å²) in [5.74, 6) is 0.0315. The fraction of sp³-hybridized carbons (Fsp3) is 0.348. The van der Waals surface area contributed by atoms with Crippen molar-refractivity contribution in [1.29, 1.82) is 0 Å². The standard InChI is InChI=1S/C23H26N4O2/c1-23(2,29)21-15-24-27(25-21)18-11-8-14-26(16-18)22(28)20-13-7-6-12-19(20)17-9-4-3-5-10-17/h3-7,9-10,12-13,15,18,29H,8,11,14,16H2,1-2H3. The number of carbonyl (C=O) groups excluding carboxylic acids is 1. The van der Waals surface area contributed by atoms with Gasteiger partial charge < -0.3 is 10.0 Å². The molecule has 0 bridgehead atoms. The third-order valence-corrected chi connectivity index (χ3v) is 5.39. The summed E-state index contributed by atoms with van der Waals surface area (Å²) in [5.41, 5.74) is 2.20. The van der Waals surface area contributed by atoms with Gasteiger partial charge in [0.05, 0.1) is 12.2 Å². The molecular formula is C23H26N4O2. The Morgan fingerprint density at radius 3 is 2.55 bits per heavy atom. The largest absolute Gasteiger partial charge is 0.384 e. The van der Waals surface area contributed by atoms with Gasteiger partial charge in [-0.3, -0.25) is 4.79 Å². The second kappa shape index (κ2) is 7.79. The molecule has 150 valence electrons. The number of rotatable bonds is 4. The minimum atomic E-state index is -1.03. The Morgan fingerprint density at radius 1 is 1.10 bits per heavy atom. The molecule has 29 heavy (non-hydrogen) atoms. The summed E-state index contributed by atoms with van der Waals surface area (Å²) in [5, 5.41) is 18.9. The zero-order valence-corrected chi connectivity index (χ0v) is 16.8. The zero-order chi connectivity index (χ0) is 20.4. The number of aromatic nitrogens is 3. The molecule has 1 saturated heterocycles. The molecule has 1 N–H and O–H groups in total. The quantitative estimate of drug-likeness (QED) is 0.738. The Hall–Kier alpha value is -2.99. The van der Waals surface area contributed by atoms with Gasteiger partial charge in [0, 0.05) is 18.7 Å². The maximum Gasteiger partial charge on any atom is 0.254 e. The predicted molar refractivity (Wildman–Crippen MR) is 111 cm³/mol. The fourth-order valence-electron chi connectivity index (χ4n) is 3.77. The van der Waals surface area contributed by atoms with E-state index in [0.29, 0.717) is 17.8 Å². The van der Waals surface area contributed by atoms with E-state index in [4.69, 9.17) is 0 Å². The van der Waals surface area contributed by atoms with Crippen molar-refractivity contribution in [3.8, 4) is 11.1 Å². The molecule has 0 saturated carbocycles. The van der Waals surface area contributed by atoms with Crippen molar-refractivity contribution in [2.45, 2.75) is 38.3 Å². The van der Waals surface area contributed by atoms with Gasteiger partial charge in [-0.2, -0.15) is 15.0 Å². The number of aliphatic hydroxyl groups is 1. The lowest BCUT2D eigenvalue weighted by molar-refractivity contribution is 0.0641. The Balaban J connectivity index is 1.57. The first kappa shape index (κ1) is 19.3. The first-order valence-corrected chi connectivity index (χ1v) is 10.0. The van der Waals surface area contributed by atoms with E-state index >= 15 is 0 Å². The van der Waals surface area contributed by atoms with Gasteiger partial charge in [0.1, 0.15) is 11.3 Å². The highest BCUT2D eigenvalue weighted by atomic mass is 16.3. The summed E-state index contributed by atoms with van der Waals surface area (Å²) < 4.78 is 0. The third-order valence-electron chi connectivity index (χ3n) is 5.39. The molecule has 0 radical (unpaired) electrons. The molecule has 1 unspecified atom stereocenters. The number of benzene rings is 2. The molecular weight excluding hydrogens is 364 g/mol. The van der Waals surface area contributed by atoms with Crippen molar-refractivity contribution in [2.75, 3.05) is 13.1 Å². The lowest BCUT2D eigenvalue weighted by atomic mass is 9.97. The van der Waals surface area contributed by atoms with Crippen LogP contribution in [-0.4, -0.2) is 44.0 Å². The van der Waals surface area contributed by atoms with Crippen LogP contribution in [0.25, 0.3) is 11.1 Å². The van der Waals surface area contributed by atoms with E-state index in [1.54, 1.807) is 24.8 Å².